The molecular formula is C24H25NO3. The fraction of sp³-hybridized carbons (Fsp3) is 0.208. The standard InChI is InChI=1S/C24H25NO3/c1-27-21-14-13-20(23(17-21)28-2)16-24(26)25-22(19-11-7-4-8-12-19)15-18-9-5-3-6-10-18/h3-14,17,22H,15-16H2,1-2H3,(H,25,26)/t22-/m1/s1. The number of rotatable bonds is 8. The van der Waals surface area contributed by atoms with E-state index in [9.17, 15) is 4.79 Å². The van der Waals surface area contributed by atoms with Crippen molar-refractivity contribution >= 4 is 5.91 Å². The summed E-state index contributed by atoms with van der Waals surface area (Å²) < 4.78 is 10.6. The summed E-state index contributed by atoms with van der Waals surface area (Å²) >= 11 is 0. The second-order valence-electron chi connectivity index (χ2n) is 6.58. The second kappa shape index (κ2) is 9.60. The average Bonchev–Trinajstić information content (AvgIpc) is 2.75. The number of nitrogens with one attached hydrogen (secondary N) is 1. The van der Waals surface area contributed by atoms with Gasteiger partial charge in [0.1, 0.15) is 11.5 Å². The molecule has 0 spiro atoms. The van der Waals surface area contributed by atoms with Gasteiger partial charge < -0.3 is 14.8 Å². The molecule has 0 radical (unpaired) electrons. The number of methoxy groups -OCH3 is 2. The third-order valence-electron chi connectivity index (χ3n) is 4.67. The van der Waals surface area contributed by atoms with E-state index < -0.39 is 0 Å². The van der Waals surface area contributed by atoms with E-state index >= 15 is 0 Å². The topological polar surface area (TPSA) is 47.6 Å². The number of hydrogen-bond acceptors (Lipinski definition) is 3. The predicted octanol–water partition coefficient (Wildman–Crippen LogP) is 4.35. The number of amides is 1. The molecule has 0 aliphatic carbocycles. The Bertz CT molecular complexity index is 894. The number of carbonyl (C=O) groups is 1. The van der Waals surface area contributed by atoms with Gasteiger partial charge >= 0.3 is 0 Å². The summed E-state index contributed by atoms with van der Waals surface area (Å²) in [5, 5.41) is 3.18. The molecule has 3 aromatic rings. The van der Waals surface area contributed by atoms with E-state index in [1.54, 1.807) is 20.3 Å². The monoisotopic (exact) mass is 375 g/mol. The molecule has 0 heterocycles. The molecule has 0 unspecified atom stereocenters. The van der Waals surface area contributed by atoms with Crippen LogP contribution in [-0.2, 0) is 17.6 Å². The first-order valence-corrected chi connectivity index (χ1v) is 9.28. The molecule has 1 amide bonds. The molecule has 3 aromatic carbocycles. The minimum atomic E-state index is -0.0969. The molecule has 1 N–H and O–H groups in total. The van der Waals surface area contributed by atoms with Gasteiger partial charge in [0.15, 0.2) is 0 Å². The molecule has 3 rings (SSSR count). The van der Waals surface area contributed by atoms with Crippen molar-refractivity contribution in [2.24, 2.45) is 0 Å². The summed E-state index contributed by atoms with van der Waals surface area (Å²) in [7, 11) is 3.20. The van der Waals surface area contributed by atoms with Crippen LogP contribution in [0.3, 0.4) is 0 Å². The van der Waals surface area contributed by atoms with Gasteiger partial charge in [0.25, 0.3) is 0 Å². The molecule has 4 heteroatoms. The van der Waals surface area contributed by atoms with Crippen LogP contribution in [0, 0.1) is 0 Å². The molecule has 0 bridgehead atoms. The highest BCUT2D eigenvalue weighted by Gasteiger charge is 2.17. The van der Waals surface area contributed by atoms with Gasteiger partial charge in [-0.2, -0.15) is 0 Å². The number of benzene rings is 3. The lowest BCUT2D eigenvalue weighted by atomic mass is 9.98. The van der Waals surface area contributed by atoms with E-state index in [0.717, 1.165) is 17.5 Å². The summed E-state index contributed by atoms with van der Waals surface area (Å²) in [4.78, 5) is 12.8. The maximum absolute atomic E-state index is 12.8. The van der Waals surface area contributed by atoms with E-state index in [2.05, 4.69) is 17.4 Å². The minimum Gasteiger partial charge on any atom is -0.497 e. The third kappa shape index (κ3) is 5.13. The molecule has 0 fully saturated rings. The van der Waals surface area contributed by atoms with Gasteiger partial charge in [-0.3, -0.25) is 4.79 Å². The predicted molar refractivity (Wildman–Crippen MR) is 111 cm³/mol. The highest BCUT2D eigenvalue weighted by molar-refractivity contribution is 5.80. The first-order valence-electron chi connectivity index (χ1n) is 9.28. The Hall–Kier alpha value is -3.27. The van der Waals surface area contributed by atoms with Crippen LogP contribution in [0.25, 0.3) is 0 Å². The van der Waals surface area contributed by atoms with Crippen molar-refractivity contribution in [3.63, 3.8) is 0 Å². The van der Waals surface area contributed by atoms with Crippen molar-refractivity contribution in [3.05, 3.63) is 95.6 Å². The van der Waals surface area contributed by atoms with Crippen molar-refractivity contribution in [2.75, 3.05) is 14.2 Å². The normalized spacial score (nSPS) is 11.5. The highest BCUT2D eigenvalue weighted by atomic mass is 16.5. The molecule has 0 saturated heterocycles. The van der Waals surface area contributed by atoms with Crippen LogP contribution in [-0.4, -0.2) is 20.1 Å². The van der Waals surface area contributed by atoms with Crippen molar-refractivity contribution < 1.29 is 14.3 Å². The van der Waals surface area contributed by atoms with Gasteiger partial charge in [0, 0.05) is 11.6 Å². The smallest absolute Gasteiger partial charge is 0.225 e. The maximum Gasteiger partial charge on any atom is 0.225 e. The Balaban J connectivity index is 1.76. The van der Waals surface area contributed by atoms with Crippen LogP contribution in [0.5, 0.6) is 11.5 Å². The Morgan fingerprint density at radius 3 is 2.21 bits per heavy atom. The Labute approximate surface area is 166 Å². The zero-order valence-electron chi connectivity index (χ0n) is 16.2. The fourth-order valence-electron chi connectivity index (χ4n) is 3.20. The summed E-state index contributed by atoms with van der Waals surface area (Å²) in [6, 6.07) is 25.6. The highest BCUT2D eigenvalue weighted by Crippen LogP contribution is 2.25. The van der Waals surface area contributed by atoms with Crippen LogP contribution < -0.4 is 14.8 Å². The van der Waals surface area contributed by atoms with Crippen LogP contribution in [0.15, 0.2) is 78.9 Å². The van der Waals surface area contributed by atoms with E-state index in [1.165, 1.54) is 5.56 Å². The lowest BCUT2D eigenvalue weighted by Crippen LogP contribution is -2.31. The van der Waals surface area contributed by atoms with Gasteiger partial charge in [-0.25, -0.2) is 0 Å². The zero-order valence-corrected chi connectivity index (χ0v) is 16.2. The van der Waals surface area contributed by atoms with Crippen molar-refractivity contribution in [1.29, 1.82) is 0 Å². The molecule has 0 aliphatic heterocycles. The SMILES string of the molecule is COc1ccc(CC(=O)N[C@H](Cc2ccccc2)c2ccccc2)c(OC)c1. The average molecular weight is 375 g/mol. The molecule has 4 nitrogen and oxygen atoms in total. The number of carbonyl (C=O) groups excluding carboxylic acids is 1. The Morgan fingerprint density at radius 1 is 0.893 bits per heavy atom. The van der Waals surface area contributed by atoms with Gasteiger partial charge in [-0.1, -0.05) is 66.7 Å². The maximum atomic E-state index is 12.8. The lowest BCUT2D eigenvalue weighted by molar-refractivity contribution is -0.121. The third-order valence-corrected chi connectivity index (χ3v) is 4.67. The number of ether oxygens (including phenoxy) is 2. The van der Waals surface area contributed by atoms with E-state index in [1.807, 2.05) is 60.7 Å². The minimum absolute atomic E-state index is 0.0479. The van der Waals surface area contributed by atoms with Crippen LogP contribution in [0.4, 0.5) is 0 Å². The van der Waals surface area contributed by atoms with Crippen LogP contribution >= 0.6 is 0 Å². The number of hydrogen-bond donors (Lipinski definition) is 1. The molecule has 0 aromatic heterocycles. The lowest BCUT2D eigenvalue weighted by Gasteiger charge is -2.20. The second-order valence-corrected chi connectivity index (χ2v) is 6.58. The fourth-order valence-corrected chi connectivity index (χ4v) is 3.20. The largest absolute Gasteiger partial charge is 0.497 e. The molecule has 0 aliphatic rings. The molecule has 144 valence electrons. The van der Waals surface area contributed by atoms with Gasteiger partial charge in [0.2, 0.25) is 5.91 Å². The first kappa shape index (κ1) is 19.5. The van der Waals surface area contributed by atoms with Crippen molar-refractivity contribution in [3.8, 4) is 11.5 Å². The molecule has 1 atom stereocenters. The van der Waals surface area contributed by atoms with E-state index in [4.69, 9.17) is 9.47 Å². The van der Waals surface area contributed by atoms with Crippen LogP contribution in [0.2, 0.25) is 0 Å². The van der Waals surface area contributed by atoms with Crippen LogP contribution in [0.1, 0.15) is 22.7 Å². The summed E-state index contributed by atoms with van der Waals surface area (Å²) in [6.45, 7) is 0. The van der Waals surface area contributed by atoms with E-state index in [0.29, 0.717) is 11.5 Å². The first-order chi connectivity index (χ1) is 13.7. The quantitative estimate of drug-likeness (QED) is 0.637. The van der Waals surface area contributed by atoms with E-state index in [-0.39, 0.29) is 18.4 Å². The Morgan fingerprint density at radius 2 is 1.57 bits per heavy atom. The van der Waals surface area contributed by atoms with Gasteiger partial charge in [-0.05, 0) is 23.6 Å². The van der Waals surface area contributed by atoms with Crippen molar-refractivity contribution in [1.82, 2.24) is 5.32 Å². The zero-order chi connectivity index (χ0) is 19.8. The Kier molecular flexibility index (Phi) is 6.68. The molecular weight excluding hydrogens is 350 g/mol. The van der Waals surface area contributed by atoms with Gasteiger partial charge in [0.05, 0.1) is 26.7 Å². The molecule has 0 saturated carbocycles. The summed E-state index contributed by atoms with van der Waals surface area (Å²) in [6.07, 6.45) is 0.974. The summed E-state index contributed by atoms with van der Waals surface area (Å²) in [5.74, 6) is 1.30. The molecule has 28 heavy (non-hydrogen) atoms. The van der Waals surface area contributed by atoms with Crippen molar-refractivity contribution in [2.45, 2.75) is 18.9 Å². The summed E-state index contributed by atoms with van der Waals surface area (Å²) in [5.41, 5.74) is 3.09. The van der Waals surface area contributed by atoms with Gasteiger partial charge in [-0.15, -0.1) is 0 Å².